The van der Waals surface area contributed by atoms with Gasteiger partial charge in [-0.05, 0) is 37.6 Å². The van der Waals surface area contributed by atoms with Crippen molar-refractivity contribution in [2.24, 2.45) is 5.84 Å². The molecule has 5 nitrogen and oxygen atoms in total. The third-order valence-electron chi connectivity index (χ3n) is 2.31. The SMILES string of the molecule is Cc1nc(NN)cc(Oc2ccc(Cl)c(C)c2)n1. The highest BCUT2D eigenvalue weighted by Gasteiger charge is 2.04. The van der Waals surface area contributed by atoms with Crippen LogP contribution in [0.3, 0.4) is 0 Å². The molecule has 0 unspecified atom stereocenters. The van der Waals surface area contributed by atoms with Crippen LogP contribution in [0.4, 0.5) is 5.82 Å². The molecule has 2 aromatic rings. The maximum atomic E-state index is 5.95. The van der Waals surface area contributed by atoms with Gasteiger partial charge < -0.3 is 10.2 Å². The van der Waals surface area contributed by atoms with Crippen molar-refractivity contribution in [1.82, 2.24) is 9.97 Å². The highest BCUT2D eigenvalue weighted by Crippen LogP contribution is 2.25. The van der Waals surface area contributed by atoms with Gasteiger partial charge in [0.05, 0.1) is 0 Å². The molecule has 1 heterocycles. The summed E-state index contributed by atoms with van der Waals surface area (Å²) in [6.45, 7) is 3.67. The Morgan fingerprint density at radius 1 is 1.22 bits per heavy atom. The molecule has 0 amide bonds. The summed E-state index contributed by atoms with van der Waals surface area (Å²) >= 11 is 5.95. The van der Waals surface area contributed by atoms with Crippen molar-refractivity contribution >= 4 is 17.4 Å². The number of nitrogen functional groups attached to an aromatic ring is 1. The summed E-state index contributed by atoms with van der Waals surface area (Å²) < 4.78 is 5.63. The highest BCUT2D eigenvalue weighted by molar-refractivity contribution is 6.31. The molecule has 18 heavy (non-hydrogen) atoms. The van der Waals surface area contributed by atoms with Crippen molar-refractivity contribution in [3.8, 4) is 11.6 Å². The van der Waals surface area contributed by atoms with Crippen molar-refractivity contribution in [1.29, 1.82) is 0 Å². The fourth-order valence-corrected chi connectivity index (χ4v) is 1.59. The van der Waals surface area contributed by atoms with E-state index in [0.717, 1.165) is 5.56 Å². The van der Waals surface area contributed by atoms with Gasteiger partial charge in [-0.1, -0.05) is 11.6 Å². The minimum Gasteiger partial charge on any atom is -0.439 e. The number of hydrogen-bond acceptors (Lipinski definition) is 5. The molecule has 0 saturated carbocycles. The quantitative estimate of drug-likeness (QED) is 0.659. The molecule has 0 bridgehead atoms. The van der Waals surface area contributed by atoms with Gasteiger partial charge in [-0.2, -0.15) is 4.98 Å². The van der Waals surface area contributed by atoms with Gasteiger partial charge in [-0.25, -0.2) is 10.8 Å². The van der Waals surface area contributed by atoms with E-state index in [4.69, 9.17) is 22.2 Å². The molecule has 0 aliphatic carbocycles. The van der Waals surface area contributed by atoms with E-state index in [0.29, 0.717) is 28.3 Å². The minimum absolute atomic E-state index is 0.428. The van der Waals surface area contributed by atoms with Gasteiger partial charge >= 0.3 is 0 Å². The fraction of sp³-hybridized carbons (Fsp3) is 0.167. The standard InChI is InChI=1S/C12H13ClN4O/c1-7-5-9(3-4-10(7)13)18-12-6-11(17-14)15-8(2)16-12/h3-6H,14H2,1-2H3,(H,15,16,17). The molecule has 0 atom stereocenters. The van der Waals surface area contributed by atoms with E-state index in [2.05, 4.69) is 15.4 Å². The van der Waals surface area contributed by atoms with Crippen LogP contribution in [-0.2, 0) is 0 Å². The Kier molecular flexibility index (Phi) is 3.64. The summed E-state index contributed by atoms with van der Waals surface area (Å²) in [4.78, 5) is 8.24. The van der Waals surface area contributed by atoms with Crippen molar-refractivity contribution < 1.29 is 4.74 Å². The predicted octanol–water partition coefficient (Wildman–Crippen LogP) is 2.82. The number of anilines is 1. The molecule has 0 aliphatic heterocycles. The van der Waals surface area contributed by atoms with E-state index < -0.39 is 0 Å². The van der Waals surface area contributed by atoms with Crippen LogP contribution >= 0.6 is 11.6 Å². The number of benzene rings is 1. The second-order valence-electron chi connectivity index (χ2n) is 3.80. The van der Waals surface area contributed by atoms with Crippen molar-refractivity contribution in [2.75, 3.05) is 5.43 Å². The molecule has 94 valence electrons. The molecule has 6 heteroatoms. The summed E-state index contributed by atoms with van der Waals surface area (Å²) in [5.41, 5.74) is 3.40. The lowest BCUT2D eigenvalue weighted by atomic mass is 10.2. The molecule has 1 aromatic carbocycles. The number of rotatable bonds is 3. The minimum atomic E-state index is 0.428. The number of aryl methyl sites for hydroxylation is 2. The monoisotopic (exact) mass is 264 g/mol. The number of aromatic nitrogens is 2. The molecule has 3 N–H and O–H groups in total. The number of hydrazine groups is 1. The van der Waals surface area contributed by atoms with E-state index >= 15 is 0 Å². The molecule has 0 aliphatic rings. The van der Waals surface area contributed by atoms with Gasteiger partial charge in [-0.15, -0.1) is 0 Å². The lowest BCUT2D eigenvalue weighted by molar-refractivity contribution is 0.460. The molecule has 0 radical (unpaired) electrons. The molecular formula is C12H13ClN4O. The van der Waals surface area contributed by atoms with E-state index in [9.17, 15) is 0 Å². The van der Waals surface area contributed by atoms with Gasteiger partial charge in [-0.3, -0.25) is 0 Å². The summed E-state index contributed by atoms with van der Waals surface area (Å²) in [6.07, 6.45) is 0. The van der Waals surface area contributed by atoms with Crippen LogP contribution in [0.1, 0.15) is 11.4 Å². The number of nitrogens with zero attached hydrogens (tertiary/aromatic N) is 2. The first-order valence-electron chi connectivity index (χ1n) is 5.35. The Bertz CT molecular complexity index is 574. The molecular weight excluding hydrogens is 252 g/mol. The highest BCUT2D eigenvalue weighted by atomic mass is 35.5. The van der Waals surface area contributed by atoms with Crippen molar-refractivity contribution in [2.45, 2.75) is 13.8 Å². The summed E-state index contributed by atoms with van der Waals surface area (Å²) in [7, 11) is 0. The van der Waals surface area contributed by atoms with Crippen LogP contribution in [0.2, 0.25) is 5.02 Å². The Morgan fingerprint density at radius 3 is 2.67 bits per heavy atom. The van der Waals surface area contributed by atoms with Crippen LogP contribution < -0.4 is 16.0 Å². The fourth-order valence-electron chi connectivity index (χ4n) is 1.47. The molecule has 1 aromatic heterocycles. The number of ether oxygens (including phenoxy) is 1. The maximum absolute atomic E-state index is 5.95. The Hall–Kier alpha value is -1.85. The second kappa shape index (κ2) is 5.20. The average molecular weight is 265 g/mol. The summed E-state index contributed by atoms with van der Waals surface area (Å²) in [5.74, 6) is 7.48. The van der Waals surface area contributed by atoms with E-state index in [1.165, 1.54) is 0 Å². The van der Waals surface area contributed by atoms with Crippen LogP contribution in [0.15, 0.2) is 24.3 Å². The first-order valence-corrected chi connectivity index (χ1v) is 5.72. The van der Waals surface area contributed by atoms with Crippen molar-refractivity contribution in [3.63, 3.8) is 0 Å². The molecule has 0 saturated heterocycles. The zero-order chi connectivity index (χ0) is 13.1. The van der Waals surface area contributed by atoms with Gasteiger partial charge in [0.15, 0.2) is 0 Å². The first kappa shape index (κ1) is 12.6. The Labute approximate surface area is 110 Å². The summed E-state index contributed by atoms with van der Waals surface area (Å²) in [6, 6.07) is 7.02. The topological polar surface area (TPSA) is 73.1 Å². The summed E-state index contributed by atoms with van der Waals surface area (Å²) in [5, 5.41) is 0.700. The Balaban J connectivity index is 2.27. The smallest absolute Gasteiger partial charge is 0.224 e. The zero-order valence-corrected chi connectivity index (χ0v) is 10.8. The van der Waals surface area contributed by atoms with Gasteiger partial charge in [0.1, 0.15) is 17.4 Å². The van der Waals surface area contributed by atoms with Gasteiger partial charge in [0.25, 0.3) is 0 Å². The van der Waals surface area contributed by atoms with Crippen LogP contribution in [0.5, 0.6) is 11.6 Å². The third kappa shape index (κ3) is 2.88. The molecule has 0 fully saturated rings. The van der Waals surface area contributed by atoms with Crippen LogP contribution in [-0.4, -0.2) is 9.97 Å². The average Bonchev–Trinajstić information content (AvgIpc) is 2.33. The lowest BCUT2D eigenvalue weighted by Gasteiger charge is -2.08. The van der Waals surface area contributed by atoms with Gasteiger partial charge in [0, 0.05) is 11.1 Å². The number of nitrogens with two attached hydrogens (primary N) is 1. The number of nitrogens with one attached hydrogen (secondary N) is 1. The number of hydrogen-bond donors (Lipinski definition) is 2. The molecule has 0 spiro atoms. The van der Waals surface area contributed by atoms with Crippen LogP contribution in [0.25, 0.3) is 0 Å². The predicted molar refractivity (Wildman–Crippen MR) is 70.8 cm³/mol. The van der Waals surface area contributed by atoms with E-state index in [1.54, 1.807) is 25.1 Å². The zero-order valence-electron chi connectivity index (χ0n) is 10.1. The van der Waals surface area contributed by atoms with Gasteiger partial charge in [0.2, 0.25) is 5.88 Å². The third-order valence-corrected chi connectivity index (χ3v) is 2.74. The largest absolute Gasteiger partial charge is 0.439 e. The Morgan fingerprint density at radius 2 is 2.00 bits per heavy atom. The van der Waals surface area contributed by atoms with Crippen molar-refractivity contribution in [3.05, 3.63) is 40.7 Å². The first-order chi connectivity index (χ1) is 8.58. The van der Waals surface area contributed by atoms with E-state index in [1.807, 2.05) is 13.0 Å². The lowest BCUT2D eigenvalue weighted by Crippen LogP contribution is -2.09. The van der Waals surface area contributed by atoms with E-state index in [-0.39, 0.29) is 0 Å². The van der Waals surface area contributed by atoms with Crippen LogP contribution in [0, 0.1) is 13.8 Å². The molecule has 2 rings (SSSR count). The second-order valence-corrected chi connectivity index (χ2v) is 4.20. The number of halogens is 1. The normalized spacial score (nSPS) is 10.2. The maximum Gasteiger partial charge on any atom is 0.224 e.